The zero-order valence-electron chi connectivity index (χ0n) is 11.5. The maximum Gasteiger partial charge on any atom is 0.230 e. The summed E-state index contributed by atoms with van der Waals surface area (Å²) >= 11 is 12.1. The van der Waals surface area contributed by atoms with Gasteiger partial charge >= 0.3 is 0 Å². The van der Waals surface area contributed by atoms with Crippen LogP contribution in [0, 0.1) is 5.41 Å². The van der Waals surface area contributed by atoms with E-state index in [0.717, 1.165) is 25.7 Å². The highest BCUT2D eigenvalue weighted by molar-refractivity contribution is 6.42. The van der Waals surface area contributed by atoms with Gasteiger partial charge in [0.25, 0.3) is 0 Å². The standard InChI is InChI=1S/C15H19Cl2NO2/c1-15(8-3-2-4-9-15)14(20)18-10-6-5-7-11(19)13(17)12(10)16/h6-7,19H,2-5,8-9H2,1H3,(H,18,20). The number of halogens is 2. The Labute approximate surface area is 129 Å². The Morgan fingerprint density at radius 3 is 2.50 bits per heavy atom. The van der Waals surface area contributed by atoms with Crippen LogP contribution in [0.1, 0.15) is 45.4 Å². The lowest BCUT2D eigenvalue weighted by molar-refractivity contribution is -0.131. The number of amides is 1. The maximum absolute atomic E-state index is 12.5. The lowest BCUT2D eigenvalue weighted by Crippen LogP contribution is -2.40. The molecular formula is C15H19Cl2NO2. The fraction of sp³-hybridized carbons (Fsp3) is 0.533. The van der Waals surface area contributed by atoms with Gasteiger partial charge < -0.3 is 10.4 Å². The van der Waals surface area contributed by atoms with Crippen molar-refractivity contribution < 1.29 is 9.90 Å². The summed E-state index contributed by atoms with van der Waals surface area (Å²) in [5.41, 5.74) is 0.138. The molecule has 1 fully saturated rings. The lowest BCUT2D eigenvalue weighted by atomic mass is 9.75. The van der Waals surface area contributed by atoms with Crippen LogP contribution in [0.3, 0.4) is 0 Å². The van der Waals surface area contributed by atoms with Gasteiger partial charge in [-0.1, -0.05) is 55.5 Å². The SMILES string of the molecule is CC1(C(=O)NC2=CCC=C(O)C(Cl)=C2Cl)CCCCC1. The van der Waals surface area contributed by atoms with E-state index in [0.29, 0.717) is 12.1 Å². The van der Waals surface area contributed by atoms with Crippen LogP contribution >= 0.6 is 23.2 Å². The molecule has 0 aromatic carbocycles. The Morgan fingerprint density at radius 2 is 1.85 bits per heavy atom. The lowest BCUT2D eigenvalue weighted by Gasteiger charge is -2.32. The molecule has 0 aromatic heterocycles. The molecule has 5 heteroatoms. The molecule has 110 valence electrons. The van der Waals surface area contributed by atoms with E-state index in [4.69, 9.17) is 23.2 Å². The summed E-state index contributed by atoms with van der Waals surface area (Å²) in [5.74, 6) is -0.0755. The van der Waals surface area contributed by atoms with Crippen molar-refractivity contribution in [2.24, 2.45) is 5.41 Å². The molecule has 2 aliphatic rings. The van der Waals surface area contributed by atoms with Gasteiger partial charge in [-0.15, -0.1) is 0 Å². The number of hydrogen-bond acceptors (Lipinski definition) is 2. The largest absolute Gasteiger partial charge is 0.507 e. The van der Waals surface area contributed by atoms with Crippen LogP contribution in [0.4, 0.5) is 0 Å². The molecule has 0 bridgehead atoms. The molecule has 1 amide bonds. The van der Waals surface area contributed by atoms with Crippen LogP contribution in [0.15, 0.2) is 33.7 Å². The van der Waals surface area contributed by atoms with Crippen LogP contribution in [0.25, 0.3) is 0 Å². The maximum atomic E-state index is 12.5. The van der Waals surface area contributed by atoms with Crippen molar-refractivity contribution in [1.29, 1.82) is 0 Å². The van der Waals surface area contributed by atoms with Gasteiger partial charge in [0.1, 0.15) is 10.8 Å². The Balaban J connectivity index is 2.14. The molecule has 0 unspecified atom stereocenters. The van der Waals surface area contributed by atoms with Gasteiger partial charge in [0, 0.05) is 5.41 Å². The molecule has 0 saturated heterocycles. The van der Waals surface area contributed by atoms with Crippen molar-refractivity contribution in [2.75, 3.05) is 0 Å². The fourth-order valence-corrected chi connectivity index (χ4v) is 3.04. The average Bonchev–Trinajstić information content (AvgIpc) is 2.55. The molecule has 0 radical (unpaired) electrons. The van der Waals surface area contributed by atoms with E-state index in [-0.39, 0.29) is 27.1 Å². The topological polar surface area (TPSA) is 49.3 Å². The summed E-state index contributed by atoms with van der Waals surface area (Å²) in [4.78, 5) is 12.5. The highest BCUT2D eigenvalue weighted by Crippen LogP contribution is 2.37. The average molecular weight is 316 g/mol. The Bertz CT molecular complexity index is 500. The molecule has 0 heterocycles. The molecule has 2 rings (SSSR count). The highest BCUT2D eigenvalue weighted by Gasteiger charge is 2.35. The van der Waals surface area contributed by atoms with Crippen LogP contribution in [0.2, 0.25) is 0 Å². The first kappa shape index (κ1) is 15.5. The van der Waals surface area contributed by atoms with Crippen molar-refractivity contribution >= 4 is 29.1 Å². The second kappa shape index (κ2) is 6.23. The number of carbonyl (C=O) groups is 1. The van der Waals surface area contributed by atoms with Crippen molar-refractivity contribution in [3.8, 4) is 0 Å². The summed E-state index contributed by atoms with van der Waals surface area (Å²) in [5, 5.41) is 12.8. The minimum atomic E-state index is -0.343. The number of nitrogens with one attached hydrogen (secondary N) is 1. The number of rotatable bonds is 2. The van der Waals surface area contributed by atoms with Crippen LogP contribution in [-0.2, 0) is 4.79 Å². The van der Waals surface area contributed by atoms with E-state index in [1.165, 1.54) is 6.42 Å². The van der Waals surface area contributed by atoms with E-state index in [1.54, 1.807) is 12.2 Å². The van der Waals surface area contributed by atoms with E-state index < -0.39 is 0 Å². The van der Waals surface area contributed by atoms with Crippen LogP contribution in [0.5, 0.6) is 0 Å². The Morgan fingerprint density at radius 1 is 1.20 bits per heavy atom. The number of carbonyl (C=O) groups excluding carboxylic acids is 1. The second-order valence-corrected chi connectivity index (χ2v) is 6.40. The first-order valence-electron chi connectivity index (χ1n) is 6.91. The third-order valence-corrected chi connectivity index (χ3v) is 4.91. The number of allylic oxidation sites excluding steroid dienone is 4. The van der Waals surface area contributed by atoms with Gasteiger partial charge in [0.05, 0.1) is 10.7 Å². The van der Waals surface area contributed by atoms with Crippen molar-refractivity contribution in [1.82, 2.24) is 5.32 Å². The zero-order valence-corrected chi connectivity index (χ0v) is 13.0. The third-order valence-electron chi connectivity index (χ3n) is 4.04. The van der Waals surface area contributed by atoms with Gasteiger partial charge in [-0.3, -0.25) is 4.79 Å². The van der Waals surface area contributed by atoms with E-state index in [9.17, 15) is 9.90 Å². The molecule has 0 spiro atoms. The van der Waals surface area contributed by atoms with Gasteiger partial charge in [0.15, 0.2) is 0 Å². The minimum Gasteiger partial charge on any atom is -0.507 e. The normalized spacial score (nSPS) is 22.8. The van der Waals surface area contributed by atoms with E-state index in [1.807, 2.05) is 6.92 Å². The summed E-state index contributed by atoms with van der Waals surface area (Å²) in [6, 6.07) is 0. The van der Waals surface area contributed by atoms with Crippen molar-refractivity contribution in [3.05, 3.63) is 33.7 Å². The van der Waals surface area contributed by atoms with Crippen molar-refractivity contribution in [3.63, 3.8) is 0 Å². The third kappa shape index (κ3) is 3.21. The molecule has 0 atom stereocenters. The second-order valence-electron chi connectivity index (χ2n) is 5.65. The molecule has 0 aliphatic heterocycles. The quantitative estimate of drug-likeness (QED) is 0.788. The molecule has 3 nitrogen and oxygen atoms in total. The smallest absolute Gasteiger partial charge is 0.230 e. The fourth-order valence-electron chi connectivity index (χ4n) is 2.64. The number of hydrogen-bond donors (Lipinski definition) is 2. The zero-order chi connectivity index (χ0) is 14.8. The summed E-state index contributed by atoms with van der Waals surface area (Å²) < 4.78 is 0. The van der Waals surface area contributed by atoms with Gasteiger partial charge in [-0.05, 0) is 25.3 Å². The monoisotopic (exact) mass is 315 g/mol. The molecule has 1 saturated carbocycles. The van der Waals surface area contributed by atoms with Crippen molar-refractivity contribution in [2.45, 2.75) is 45.4 Å². The van der Waals surface area contributed by atoms with Gasteiger partial charge in [-0.25, -0.2) is 0 Å². The number of aliphatic hydroxyl groups is 1. The van der Waals surface area contributed by atoms with Gasteiger partial charge in [-0.2, -0.15) is 0 Å². The first-order chi connectivity index (χ1) is 9.44. The first-order valence-corrected chi connectivity index (χ1v) is 7.66. The molecule has 2 N–H and O–H groups in total. The highest BCUT2D eigenvalue weighted by atomic mass is 35.5. The molecule has 0 aromatic rings. The molecule has 2 aliphatic carbocycles. The minimum absolute atomic E-state index is 0.0209. The summed E-state index contributed by atoms with van der Waals surface area (Å²) in [7, 11) is 0. The molecular weight excluding hydrogens is 297 g/mol. The van der Waals surface area contributed by atoms with Crippen LogP contribution in [-0.4, -0.2) is 11.0 Å². The van der Waals surface area contributed by atoms with Crippen LogP contribution < -0.4 is 5.32 Å². The van der Waals surface area contributed by atoms with E-state index >= 15 is 0 Å². The molecule has 20 heavy (non-hydrogen) atoms. The Hall–Kier alpha value is -0.930. The predicted octanol–water partition coefficient (Wildman–Crippen LogP) is 4.49. The van der Waals surface area contributed by atoms with E-state index in [2.05, 4.69) is 5.32 Å². The van der Waals surface area contributed by atoms with Gasteiger partial charge in [0.2, 0.25) is 5.91 Å². The predicted molar refractivity (Wildman–Crippen MR) is 81.5 cm³/mol. The number of aliphatic hydroxyl groups excluding tert-OH is 1. The summed E-state index contributed by atoms with van der Waals surface area (Å²) in [6.07, 6.45) is 8.94. The Kier molecular flexibility index (Phi) is 4.82. The summed E-state index contributed by atoms with van der Waals surface area (Å²) in [6.45, 7) is 1.99.